The number of nitrogens with zero attached hydrogens (tertiary/aromatic N) is 3. The van der Waals surface area contributed by atoms with Crippen molar-refractivity contribution in [2.75, 3.05) is 11.6 Å². The van der Waals surface area contributed by atoms with E-state index in [-0.39, 0.29) is 10.8 Å². The molecule has 28 heavy (non-hydrogen) atoms. The largest absolute Gasteiger partial charge is 0.298 e. The molecule has 7 nitrogen and oxygen atoms in total. The number of aryl methyl sites for hydroxylation is 1. The third-order valence-corrected chi connectivity index (χ3v) is 6.27. The lowest BCUT2D eigenvalue weighted by atomic mass is 10.1. The summed E-state index contributed by atoms with van der Waals surface area (Å²) in [6.45, 7) is 1.95. The summed E-state index contributed by atoms with van der Waals surface area (Å²) in [5.41, 5.74) is 2.93. The van der Waals surface area contributed by atoms with Gasteiger partial charge in [-0.2, -0.15) is 5.10 Å². The lowest BCUT2D eigenvalue weighted by molar-refractivity contribution is 0.102. The third-order valence-electron chi connectivity index (χ3n) is 4.23. The van der Waals surface area contributed by atoms with Crippen molar-refractivity contribution in [3.63, 3.8) is 0 Å². The van der Waals surface area contributed by atoms with Crippen molar-refractivity contribution >= 4 is 42.4 Å². The molecule has 0 aliphatic rings. The summed E-state index contributed by atoms with van der Waals surface area (Å²) in [6, 6.07) is 11.9. The molecular formula is C19H16N4O3S2. The Hall–Kier alpha value is -3.04. The molecule has 0 bridgehead atoms. The summed E-state index contributed by atoms with van der Waals surface area (Å²) in [6.07, 6.45) is 4.65. The predicted octanol–water partition coefficient (Wildman–Crippen LogP) is 3.45. The van der Waals surface area contributed by atoms with Crippen LogP contribution in [0.2, 0.25) is 0 Å². The maximum Gasteiger partial charge on any atom is 0.257 e. The monoisotopic (exact) mass is 412 g/mol. The maximum atomic E-state index is 12.7. The van der Waals surface area contributed by atoms with Crippen molar-refractivity contribution in [3.05, 3.63) is 66.0 Å². The molecule has 0 radical (unpaired) electrons. The number of sulfone groups is 1. The first-order valence-electron chi connectivity index (χ1n) is 8.34. The van der Waals surface area contributed by atoms with Gasteiger partial charge < -0.3 is 0 Å². The number of anilines is 1. The Balaban J connectivity index is 1.63. The summed E-state index contributed by atoms with van der Waals surface area (Å²) >= 11 is 1.23. The topological polar surface area (TPSA) is 94.0 Å². The van der Waals surface area contributed by atoms with Crippen LogP contribution in [-0.4, -0.2) is 35.3 Å². The minimum atomic E-state index is -3.30. The molecule has 0 unspecified atom stereocenters. The number of carbonyl (C=O) groups is 1. The van der Waals surface area contributed by atoms with E-state index in [0.717, 1.165) is 17.5 Å². The van der Waals surface area contributed by atoms with Gasteiger partial charge in [0.15, 0.2) is 15.0 Å². The fourth-order valence-electron chi connectivity index (χ4n) is 2.77. The van der Waals surface area contributed by atoms with Crippen LogP contribution in [0.1, 0.15) is 15.9 Å². The van der Waals surface area contributed by atoms with Crippen molar-refractivity contribution in [3.8, 4) is 5.69 Å². The lowest BCUT2D eigenvalue weighted by Gasteiger charge is -2.08. The molecule has 0 aliphatic heterocycles. The van der Waals surface area contributed by atoms with Gasteiger partial charge in [-0.05, 0) is 48.9 Å². The number of nitrogens with one attached hydrogen (secondary N) is 1. The molecule has 0 fully saturated rings. The van der Waals surface area contributed by atoms with E-state index in [9.17, 15) is 13.2 Å². The first-order valence-corrected chi connectivity index (χ1v) is 11.0. The number of carbonyl (C=O) groups excluding carboxylic acids is 1. The van der Waals surface area contributed by atoms with E-state index in [1.54, 1.807) is 35.1 Å². The van der Waals surface area contributed by atoms with Gasteiger partial charge in [-0.3, -0.25) is 10.1 Å². The second-order valence-corrected chi connectivity index (χ2v) is 9.37. The molecule has 4 aromatic rings. The summed E-state index contributed by atoms with van der Waals surface area (Å²) in [4.78, 5) is 17.3. The number of thiazole rings is 1. The lowest BCUT2D eigenvalue weighted by Crippen LogP contribution is -2.12. The first kappa shape index (κ1) is 18.3. The number of benzene rings is 2. The Bertz CT molecular complexity index is 1290. The van der Waals surface area contributed by atoms with Crippen LogP contribution in [0, 0.1) is 6.92 Å². The van der Waals surface area contributed by atoms with Gasteiger partial charge in [0.05, 0.1) is 20.8 Å². The highest BCUT2D eigenvalue weighted by Gasteiger charge is 2.14. The van der Waals surface area contributed by atoms with Crippen LogP contribution in [0.15, 0.2) is 59.8 Å². The highest BCUT2D eigenvalue weighted by Crippen LogP contribution is 2.28. The number of hydrogen-bond acceptors (Lipinski definition) is 6. The average molecular weight is 412 g/mol. The molecular weight excluding hydrogens is 396 g/mol. The molecule has 9 heteroatoms. The first-order chi connectivity index (χ1) is 13.3. The van der Waals surface area contributed by atoms with Crippen molar-refractivity contribution in [1.29, 1.82) is 0 Å². The zero-order valence-corrected chi connectivity index (χ0v) is 16.7. The van der Waals surface area contributed by atoms with Gasteiger partial charge in [-0.1, -0.05) is 17.4 Å². The van der Waals surface area contributed by atoms with Crippen molar-refractivity contribution < 1.29 is 13.2 Å². The number of fused-ring (bicyclic) bond motifs is 1. The SMILES string of the molecule is Cc1ccc(C(=O)Nc2nc3ccc(S(C)(=O)=O)cc3s2)cc1-n1cccn1. The molecule has 0 saturated carbocycles. The Morgan fingerprint density at radius 3 is 2.71 bits per heavy atom. The Morgan fingerprint density at radius 2 is 2.00 bits per heavy atom. The van der Waals surface area contributed by atoms with Gasteiger partial charge in [0, 0.05) is 24.2 Å². The van der Waals surface area contributed by atoms with Crippen molar-refractivity contribution in [1.82, 2.24) is 14.8 Å². The number of hydrogen-bond donors (Lipinski definition) is 1. The molecule has 0 spiro atoms. The molecule has 1 amide bonds. The van der Waals surface area contributed by atoms with Gasteiger partial charge in [0.2, 0.25) is 0 Å². The van der Waals surface area contributed by atoms with Gasteiger partial charge in [0.1, 0.15) is 0 Å². The zero-order chi connectivity index (χ0) is 19.9. The number of amides is 1. The minimum absolute atomic E-state index is 0.226. The van der Waals surface area contributed by atoms with Crippen LogP contribution < -0.4 is 5.32 Å². The summed E-state index contributed by atoms with van der Waals surface area (Å²) < 4.78 is 25.8. The molecule has 0 atom stereocenters. The second kappa shape index (κ2) is 6.84. The Kier molecular flexibility index (Phi) is 4.48. The average Bonchev–Trinajstić information content (AvgIpc) is 3.29. The molecule has 1 N–H and O–H groups in total. The van der Waals surface area contributed by atoms with Crippen molar-refractivity contribution in [2.45, 2.75) is 11.8 Å². The van der Waals surface area contributed by atoms with Gasteiger partial charge in [-0.15, -0.1) is 0 Å². The van der Waals surface area contributed by atoms with E-state index < -0.39 is 9.84 Å². The molecule has 0 saturated heterocycles. The molecule has 2 aromatic heterocycles. The quantitative estimate of drug-likeness (QED) is 0.554. The Morgan fingerprint density at radius 1 is 1.18 bits per heavy atom. The highest BCUT2D eigenvalue weighted by atomic mass is 32.2. The minimum Gasteiger partial charge on any atom is -0.298 e. The molecule has 142 valence electrons. The third kappa shape index (κ3) is 3.54. The molecule has 0 aliphatic carbocycles. The van der Waals surface area contributed by atoms with Gasteiger partial charge in [0.25, 0.3) is 5.91 Å². The molecule has 2 aromatic carbocycles. The van der Waals surface area contributed by atoms with Gasteiger partial charge in [-0.25, -0.2) is 18.1 Å². The van der Waals surface area contributed by atoms with Crippen LogP contribution >= 0.6 is 11.3 Å². The summed E-state index contributed by atoms with van der Waals surface area (Å²) in [5.74, 6) is -0.296. The van der Waals surface area contributed by atoms with Crippen LogP contribution in [0.25, 0.3) is 15.9 Å². The van der Waals surface area contributed by atoms with Crippen LogP contribution in [0.3, 0.4) is 0 Å². The van der Waals surface area contributed by atoms with Gasteiger partial charge >= 0.3 is 0 Å². The van der Waals surface area contributed by atoms with E-state index in [2.05, 4.69) is 15.4 Å². The molecule has 4 rings (SSSR count). The zero-order valence-electron chi connectivity index (χ0n) is 15.1. The fraction of sp³-hybridized carbons (Fsp3) is 0.105. The fourth-order valence-corrected chi connectivity index (χ4v) is 4.39. The van der Waals surface area contributed by atoms with Crippen LogP contribution in [0.5, 0.6) is 0 Å². The van der Waals surface area contributed by atoms with Crippen LogP contribution in [-0.2, 0) is 9.84 Å². The smallest absolute Gasteiger partial charge is 0.257 e. The van der Waals surface area contributed by atoms with E-state index >= 15 is 0 Å². The summed E-state index contributed by atoms with van der Waals surface area (Å²) in [5, 5.41) is 7.41. The summed E-state index contributed by atoms with van der Waals surface area (Å²) in [7, 11) is -3.30. The standard InChI is InChI=1S/C19H16N4O3S2/c1-12-4-5-13(10-16(12)23-9-3-8-20-23)18(24)22-19-21-15-7-6-14(28(2,25)26)11-17(15)27-19/h3-11H,1-2H3,(H,21,22,24). The van der Waals surface area contributed by atoms with E-state index in [1.165, 1.54) is 17.4 Å². The van der Waals surface area contributed by atoms with Crippen molar-refractivity contribution in [2.24, 2.45) is 0 Å². The maximum absolute atomic E-state index is 12.7. The highest BCUT2D eigenvalue weighted by molar-refractivity contribution is 7.90. The number of aromatic nitrogens is 3. The van der Waals surface area contributed by atoms with E-state index in [1.807, 2.05) is 25.3 Å². The number of rotatable bonds is 4. The predicted molar refractivity (Wildman–Crippen MR) is 109 cm³/mol. The normalized spacial score (nSPS) is 11.6. The molecule has 2 heterocycles. The van der Waals surface area contributed by atoms with Crippen LogP contribution in [0.4, 0.5) is 5.13 Å². The van der Waals surface area contributed by atoms with E-state index in [0.29, 0.717) is 20.9 Å². The van der Waals surface area contributed by atoms with E-state index in [4.69, 9.17) is 0 Å². The second-order valence-electron chi connectivity index (χ2n) is 6.33. The Labute approximate surface area is 165 Å².